The zero-order valence-electron chi connectivity index (χ0n) is 18.3. The van der Waals surface area contributed by atoms with Crippen LogP contribution >= 0.6 is 11.6 Å². The van der Waals surface area contributed by atoms with Gasteiger partial charge in [-0.15, -0.1) is 0 Å². The number of carbonyl (C=O) groups excluding carboxylic acids is 2. The van der Waals surface area contributed by atoms with Crippen molar-refractivity contribution in [1.82, 2.24) is 14.8 Å². The van der Waals surface area contributed by atoms with Crippen LogP contribution in [0.2, 0.25) is 5.02 Å². The number of halogens is 1. The van der Waals surface area contributed by atoms with Gasteiger partial charge in [0.25, 0.3) is 5.91 Å². The normalized spacial score (nSPS) is 22.1. The van der Waals surface area contributed by atoms with Crippen LogP contribution in [-0.4, -0.2) is 32.9 Å². The number of carbonyl (C=O) groups is 2. The van der Waals surface area contributed by atoms with Gasteiger partial charge in [0.1, 0.15) is 11.2 Å². The van der Waals surface area contributed by atoms with Crippen LogP contribution in [0.3, 0.4) is 0 Å². The third-order valence-corrected chi connectivity index (χ3v) is 7.23. The summed E-state index contributed by atoms with van der Waals surface area (Å²) < 4.78 is 7.47. The van der Waals surface area contributed by atoms with Crippen molar-refractivity contribution in [3.8, 4) is 0 Å². The van der Waals surface area contributed by atoms with E-state index in [0.717, 1.165) is 36.8 Å². The Morgan fingerprint density at radius 3 is 2.59 bits per heavy atom. The van der Waals surface area contributed by atoms with Gasteiger partial charge in [-0.3, -0.25) is 9.59 Å². The lowest BCUT2D eigenvalue weighted by molar-refractivity contribution is -0.134. The minimum absolute atomic E-state index is 0.0947. The molecule has 2 amide bonds. The van der Waals surface area contributed by atoms with Gasteiger partial charge >= 0.3 is 0 Å². The van der Waals surface area contributed by atoms with E-state index >= 15 is 0 Å². The molecule has 5 rings (SSSR count). The van der Waals surface area contributed by atoms with Crippen LogP contribution in [0.25, 0.3) is 11.1 Å². The Hall–Kier alpha value is -2.73. The number of fused-ring (bicyclic) bond motifs is 3. The summed E-state index contributed by atoms with van der Waals surface area (Å²) in [6.07, 6.45) is 8.30. The molecule has 0 bridgehead atoms. The molecule has 2 aromatic heterocycles. The lowest BCUT2D eigenvalue weighted by Gasteiger charge is -2.44. The van der Waals surface area contributed by atoms with Gasteiger partial charge in [-0.05, 0) is 37.5 Å². The maximum atomic E-state index is 13.7. The van der Waals surface area contributed by atoms with Crippen LogP contribution in [0.15, 0.2) is 47.1 Å². The first-order chi connectivity index (χ1) is 15.5. The highest BCUT2D eigenvalue weighted by molar-refractivity contribution is 6.30. The highest BCUT2D eigenvalue weighted by Gasteiger charge is 2.48. The van der Waals surface area contributed by atoms with Crippen molar-refractivity contribution in [2.24, 2.45) is 0 Å². The largest absolute Gasteiger partial charge is 0.463 e. The fraction of sp³-hybridized carbons (Fsp3) is 0.440. The topological polar surface area (TPSA) is 67.5 Å². The van der Waals surface area contributed by atoms with E-state index in [1.165, 1.54) is 12.8 Å². The molecular weight excluding hydrogens is 426 g/mol. The zero-order chi connectivity index (χ0) is 22.3. The van der Waals surface area contributed by atoms with Gasteiger partial charge in [-0.1, -0.05) is 49.4 Å². The first-order valence-corrected chi connectivity index (χ1v) is 11.8. The summed E-state index contributed by atoms with van der Waals surface area (Å²) in [7, 11) is 0. The number of hydrogen-bond donors (Lipinski definition) is 1. The fourth-order valence-electron chi connectivity index (χ4n) is 5.06. The zero-order valence-corrected chi connectivity index (χ0v) is 19.0. The van der Waals surface area contributed by atoms with E-state index in [1.54, 1.807) is 17.2 Å². The van der Waals surface area contributed by atoms with Gasteiger partial charge in [-0.2, -0.15) is 0 Å². The molecule has 1 atom stereocenters. The maximum absolute atomic E-state index is 13.7. The van der Waals surface area contributed by atoms with E-state index in [-0.39, 0.29) is 17.9 Å². The minimum Gasteiger partial charge on any atom is -0.463 e. The molecule has 32 heavy (non-hydrogen) atoms. The van der Waals surface area contributed by atoms with Crippen molar-refractivity contribution in [3.05, 3.63) is 58.9 Å². The Bertz CT molecular complexity index is 1140. The molecule has 1 aliphatic heterocycles. The van der Waals surface area contributed by atoms with Crippen LogP contribution < -0.4 is 5.32 Å². The van der Waals surface area contributed by atoms with E-state index in [1.807, 2.05) is 41.8 Å². The van der Waals surface area contributed by atoms with Crippen molar-refractivity contribution < 1.29 is 14.0 Å². The van der Waals surface area contributed by atoms with Crippen LogP contribution in [0.4, 0.5) is 0 Å². The molecule has 0 spiro atoms. The third-order valence-electron chi connectivity index (χ3n) is 6.98. The SMILES string of the molecule is CC1(C(=O)NC2CCCCCC2)Cn2c(cc3occc32)C(=O)N1Cc1ccc(Cl)cc1. The standard InChI is InChI=1S/C25H28ClN3O3/c1-25(24(31)27-19-6-4-2-3-5-7-19)16-28-20-12-13-32-22(20)14-21(28)23(30)29(25)15-17-8-10-18(26)11-9-17/h8-14,19H,2-7,15-16H2,1H3,(H,27,31). The maximum Gasteiger partial charge on any atom is 0.271 e. The van der Waals surface area contributed by atoms with Crippen molar-refractivity contribution in [3.63, 3.8) is 0 Å². The Kier molecular flexibility index (Phi) is 5.49. The number of nitrogens with zero attached hydrogens (tertiary/aromatic N) is 2. The Morgan fingerprint density at radius 2 is 1.88 bits per heavy atom. The molecule has 1 saturated carbocycles. The van der Waals surface area contributed by atoms with Crippen molar-refractivity contribution in [2.75, 3.05) is 0 Å². The number of amides is 2. The number of rotatable bonds is 4. The van der Waals surface area contributed by atoms with Gasteiger partial charge in [-0.25, -0.2) is 0 Å². The van der Waals surface area contributed by atoms with Crippen molar-refractivity contribution >= 4 is 34.5 Å². The first kappa shape index (κ1) is 21.1. The smallest absolute Gasteiger partial charge is 0.271 e. The van der Waals surface area contributed by atoms with Crippen LogP contribution in [0.5, 0.6) is 0 Å². The number of aromatic nitrogens is 1. The molecule has 6 nitrogen and oxygen atoms in total. The Morgan fingerprint density at radius 1 is 1.16 bits per heavy atom. The molecule has 3 aromatic rings. The highest BCUT2D eigenvalue weighted by atomic mass is 35.5. The summed E-state index contributed by atoms with van der Waals surface area (Å²) in [4.78, 5) is 29.1. The van der Waals surface area contributed by atoms with Gasteiger partial charge in [0.15, 0.2) is 5.58 Å². The number of hydrogen-bond acceptors (Lipinski definition) is 3. The Balaban J connectivity index is 1.51. The van der Waals surface area contributed by atoms with Gasteiger partial charge in [0, 0.05) is 29.7 Å². The molecular formula is C25H28ClN3O3. The second kappa shape index (κ2) is 8.32. The quantitative estimate of drug-likeness (QED) is 0.556. The average molecular weight is 454 g/mol. The number of nitrogens with one attached hydrogen (secondary N) is 1. The van der Waals surface area contributed by atoms with Crippen LogP contribution in [0.1, 0.15) is 61.5 Å². The summed E-state index contributed by atoms with van der Waals surface area (Å²) in [5.74, 6) is -0.265. The molecule has 3 heterocycles. The Labute approximate surface area is 192 Å². The summed E-state index contributed by atoms with van der Waals surface area (Å²) in [5, 5.41) is 3.93. The molecule has 0 radical (unpaired) electrons. The lowest BCUT2D eigenvalue weighted by Crippen LogP contribution is -2.64. The van der Waals surface area contributed by atoms with Crippen molar-refractivity contribution in [2.45, 2.75) is 70.1 Å². The summed E-state index contributed by atoms with van der Waals surface area (Å²) in [6.45, 7) is 2.59. The van der Waals surface area contributed by atoms with Gasteiger partial charge in [0.05, 0.1) is 18.3 Å². The molecule has 168 valence electrons. The average Bonchev–Trinajstić information content (AvgIpc) is 3.27. The highest BCUT2D eigenvalue weighted by Crippen LogP contribution is 2.34. The molecule has 1 N–H and O–H groups in total. The second-order valence-corrected chi connectivity index (χ2v) is 9.68. The first-order valence-electron chi connectivity index (χ1n) is 11.4. The van der Waals surface area contributed by atoms with E-state index in [0.29, 0.717) is 29.4 Å². The summed E-state index contributed by atoms with van der Waals surface area (Å²) >= 11 is 6.05. The molecule has 7 heteroatoms. The van der Waals surface area contributed by atoms with Crippen LogP contribution in [-0.2, 0) is 17.9 Å². The molecule has 1 unspecified atom stereocenters. The van der Waals surface area contributed by atoms with Crippen molar-refractivity contribution in [1.29, 1.82) is 0 Å². The van der Waals surface area contributed by atoms with E-state index in [4.69, 9.17) is 16.0 Å². The summed E-state index contributed by atoms with van der Waals surface area (Å²) in [5.41, 5.74) is 1.95. The molecule has 2 aliphatic rings. The minimum atomic E-state index is -1.03. The second-order valence-electron chi connectivity index (χ2n) is 9.24. The van der Waals surface area contributed by atoms with E-state index < -0.39 is 5.54 Å². The summed E-state index contributed by atoms with van der Waals surface area (Å²) in [6, 6.07) is 11.2. The molecule has 1 fully saturated rings. The van der Waals surface area contributed by atoms with E-state index in [9.17, 15) is 9.59 Å². The van der Waals surface area contributed by atoms with E-state index in [2.05, 4.69) is 5.32 Å². The number of benzene rings is 1. The number of furan rings is 1. The monoisotopic (exact) mass is 453 g/mol. The lowest BCUT2D eigenvalue weighted by atomic mass is 9.93. The van der Waals surface area contributed by atoms with Gasteiger partial charge < -0.3 is 19.2 Å². The fourth-order valence-corrected chi connectivity index (χ4v) is 5.18. The van der Waals surface area contributed by atoms with Crippen LogP contribution in [0, 0.1) is 0 Å². The predicted octanol–water partition coefficient (Wildman–Crippen LogP) is 5.14. The predicted molar refractivity (Wildman–Crippen MR) is 124 cm³/mol. The molecule has 1 aliphatic carbocycles. The molecule has 0 saturated heterocycles. The van der Waals surface area contributed by atoms with Gasteiger partial charge in [0.2, 0.25) is 5.91 Å². The molecule has 1 aromatic carbocycles. The third kappa shape index (κ3) is 3.71.